The summed E-state index contributed by atoms with van der Waals surface area (Å²) in [6.45, 7) is 1.99. The Labute approximate surface area is 194 Å². The maximum absolute atomic E-state index is 13.5. The van der Waals surface area contributed by atoms with Crippen LogP contribution in [0.5, 0.6) is 0 Å². The summed E-state index contributed by atoms with van der Waals surface area (Å²) in [4.78, 5) is 30.2. The first-order chi connectivity index (χ1) is 16.1. The number of hydrogen-bond acceptors (Lipinski definition) is 4. The standard InChI is InChI=1S/C27H30N2O4/c30-25(31)27(13-15-28-14-5-6-19(28)16-27)29(18-11-12-18)26(32)33-17-24-22-9-3-1-7-20(22)21-8-2-4-10-23(21)24/h1-4,7-10,18-19,24H,5-6,11-17H2,(H,30,31). The van der Waals surface area contributed by atoms with Crippen molar-refractivity contribution in [3.63, 3.8) is 0 Å². The van der Waals surface area contributed by atoms with Gasteiger partial charge in [-0.25, -0.2) is 9.59 Å². The highest BCUT2D eigenvalue weighted by Crippen LogP contribution is 2.46. The van der Waals surface area contributed by atoms with Gasteiger partial charge in [-0.3, -0.25) is 4.90 Å². The second-order valence-electron chi connectivity index (χ2n) is 10.0. The minimum absolute atomic E-state index is 0.0234. The molecule has 6 heteroatoms. The maximum atomic E-state index is 13.5. The molecule has 1 N–H and O–H groups in total. The smallest absolute Gasteiger partial charge is 0.411 e. The largest absolute Gasteiger partial charge is 0.479 e. The average molecular weight is 447 g/mol. The van der Waals surface area contributed by atoms with Crippen molar-refractivity contribution < 1.29 is 19.4 Å². The Hall–Kier alpha value is -2.86. The average Bonchev–Trinajstić information content (AvgIpc) is 3.45. The summed E-state index contributed by atoms with van der Waals surface area (Å²) in [7, 11) is 0. The fraction of sp³-hybridized carbons (Fsp3) is 0.481. The van der Waals surface area contributed by atoms with Crippen molar-refractivity contribution in [1.29, 1.82) is 0 Å². The highest BCUT2D eigenvalue weighted by molar-refractivity contribution is 5.85. The van der Waals surface area contributed by atoms with E-state index < -0.39 is 17.6 Å². The third-order valence-electron chi connectivity index (χ3n) is 8.19. The molecule has 1 saturated carbocycles. The Balaban J connectivity index is 1.26. The van der Waals surface area contributed by atoms with E-state index in [1.165, 1.54) is 11.1 Å². The summed E-state index contributed by atoms with van der Waals surface area (Å²) >= 11 is 0. The molecule has 2 aliphatic carbocycles. The lowest BCUT2D eigenvalue weighted by Gasteiger charge is -2.47. The lowest BCUT2D eigenvalue weighted by atomic mass is 9.81. The number of carbonyl (C=O) groups excluding carboxylic acids is 1. The molecule has 172 valence electrons. The van der Waals surface area contributed by atoms with Crippen LogP contribution in [0.3, 0.4) is 0 Å². The van der Waals surface area contributed by atoms with Gasteiger partial charge in [-0.2, -0.15) is 0 Å². The van der Waals surface area contributed by atoms with E-state index in [4.69, 9.17) is 4.74 Å². The van der Waals surface area contributed by atoms with Crippen molar-refractivity contribution in [1.82, 2.24) is 9.80 Å². The minimum atomic E-state index is -1.16. The number of carbonyl (C=O) groups is 2. The molecule has 2 heterocycles. The van der Waals surface area contributed by atoms with Crippen molar-refractivity contribution >= 4 is 12.1 Å². The molecular weight excluding hydrogens is 416 g/mol. The Kier molecular flexibility index (Phi) is 4.94. The number of benzene rings is 2. The normalized spacial score (nSPS) is 26.4. The van der Waals surface area contributed by atoms with Crippen LogP contribution in [-0.2, 0) is 9.53 Å². The fourth-order valence-electron chi connectivity index (χ4n) is 6.43. The number of carboxylic acid groups (broad SMARTS) is 1. The molecule has 0 aromatic heterocycles. The number of aliphatic carboxylic acids is 1. The summed E-state index contributed by atoms with van der Waals surface area (Å²) in [5.74, 6) is -0.908. The SMILES string of the molecule is O=C(OCC1c2ccccc2-c2ccccc21)N(C1CC1)C1(C(=O)O)CCN2CCCC2C1. The van der Waals surface area contributed by atoms with Crippen LogP contribution in [0.25, 0.3) is 11.1 Å². The van der Waals surface area contributed by atoms with Crippen molar-refractivity contribution in [3.8, 4) is 11.1 Å². The third kappa shape index (κ3) is 3.34. The predicted molar refractivity (Wildman–Crippen MR) is 124 cm³/mol. The summed E-state index contributed by atoms with van der Waals surface area (Å²) < 4.78 is 5.95. The molecule has 33 heavy (non-hydrogen) atoms. The zero-order valence-electron chi connectivity index (χ0n) is 18.8. The zero-order chi connectivity index (χ0) is 22.6. The van der Waals surface area contributed by atoms with E-state index in [9.17, 15) is 14.7 Å². The van der Waals surface area contributed by atoms with E-state index in [0.29, 0.717) is 12.8 Å². The highest BCUT2D eigenvalue weighted by atomic mass is 16.6. The van der Waals surface area contributed by atoms with Crippen LogP contribution in [0.4, 0.5) is 4.79 Å². The van der Waals surface area contributed by atoms with E-state index in [0.717, 1.165) is 49.9 Å². The summed E-state index contributed by atoms with van der Waals surface area (Å²) in [5.41, 5.74) is 3.54. The Morgan fingerprint density at radius 1 is 1.00 bits per heavy atom. The first kappa shape index (κ1) is 20.7. The summed E-state index contributed by atoms with van der Waals surface area (Å²) in [5, 5.41) is 10.4. The fourth-order valence-corrected chi connectivity index (χ4v) is 6.43. The van der Waals surface area contributed by atoms with E-state index in [1.54, 1.807) is 4.90 Å². The number of amides is 1. The van der Waals surface area contributed by atoms with Gasteiger partial charge in [0, 0.05) is 24.5 Å². The van der Waals surface area contributed by atoms with Crippen LogP contribution < -0.4 is 0 Å². The summed E-state index contributed by atoms with van der Waals surface area (Å²) in [6.07, 6.45) is 4.34. The van der Waals surface area contributed by atoms with Gasteiger partial charge < -0.3 is 14.7 Å². The highest BCUT2D eigenvalue weighted by Gasteiger charge is 2.56. The van der Waals surface area contributed by atoms with Crippen molar-refractivity contribution in [3.05, 3.63) is 59.7 Å². The molecule has 2 aromatic rings. The van der Waals surface area contributed by atoms with Crippen LogP contribution in [0.15, 0.2) is 48.5 Å². The van der Waals surface area contributed by atoms with E-state index in [2.05, 4.69) is 29.2 Å². The molecule has 0 spiro atoms. The number of rotatable bonds is 5. The molecule has 2 aromatic carbocycles. The second-order valence-corrected chi connectivity index (χ2v) is 10.0. The molecule has 0 bridgehead atoms. The lowest BCUT2D eigenvalue weighted by molar-refractivity contribution is -0.155. The zero-order valence-corrected chi connectivity index (χ0v) is 18.8. The third-order valence-corrected chi connectivity index (χ3v) is 8.19. The first-order valence-electron chi connectivity index (χ1n) is 12.2. The van der Waals surface area contributed by atoms with Gasteiger partial charge in [0.1, 0.15) is 12.1 Å². The lowest BCUT2D eigenvalue weighted by Crippen LogP contribution is -2.64. The van der Waals surface area contributed by atoms with Crippen LogP contribution >= 0.6 is 0 Å². The predicted octanol–water partition coefficient (Wildman–Crippen LogP) is 4.48. The van der Waals surface area contributed by atoms with Crippen LogP contribution in [0.1, 0.15) is 55.6 Å². The maximum Gasteiger partial charge on any atom is 0.411 e. The molecule has 6 rings (SSSR count). The number of hydrogen-bond donors (Lipinski definition) is 1. The van der Waals surface area contributed by atoms with Gasteiger partial charge in [0.25, 0.3) is 0 Å². The number of carboxylic acids is 1. The van der Waals surface area contributed by atoms with Gasteiger partial charge in [0.2, 0.25) is 0 Å². The van der Waals surface area contributed by atoms with Crippen molar-refractivity contribution in [2.45, 2.75) is 62.1 Å². The Morgan fingerprint density at radius 2 is 1.67 bits per heavy atom. The van der Waals surface area contributed by atoms with Crippen LogP contribution in [0, 0.1) is 0 Å². The Bertz CT molecular complexity index is 1050. The van der Waals surface area contributed by atoms with Crippen molar-refractivity contribution in [2.75, 3.05) is 19.7 Å². The molecule has 2 unspecified atom stereocenters. The van der Waals surface area contributed by atoms with E-state index in [1.807, 2.05) is 24.3 Å². The molecule has 2 saturated heterocycles. The topological polar surface area (TPSA) is 70.1 Å². The quantitative estimate of drug-likeness (QED) is 0.733. The molecular formula is C27H30N2O4. The Morgan fingerprint density at radius 3 is 2.30 bits per heavy atom. The minimum Gasteiger partial charge on any atom is -0.479 e. The molecule has 6 nitrogen and oxygen atoms in total. The van der Waals surface area contributed by atoms with E-state index >= 15 is 0 Å². The van der Waals surface area contributed by atoms with E-state index in [-0.39, 0.29) is 24.6 Å². The second kappa shape index (κ2) is 7.87. The molecule has 1 amide bonds. The van der Waals surface area contributed by atoms with Gasteiger partial charge >= 0.3 is 12.1 Å². The van der Waals surface area contributed by atoms with Gasteiger partial charge in [0.05, 0.1) is 0 Å². The van der Waals surface area contributed by atoms with Crippen LogP contribution in [-0.4, -0.2) is 64.3 Å². The summed E-state index contributed by atoms with van der Waals surface area (Å²) in [6, 6.07) is 16.7. The van der Waals surface area contributed by atoms with Gasteiger partial charge in [-0.05, 0) is 67.3 Å². The molecule has 2 aliphatic heterocycles. The molecule has 4 aliphatic rings. The first-order valence-corrected chi connectivity index (χ1v) is 12.2. The molecule has 0 radical (unpaired) electrons. The number of ether oxygens (including phenoxy) is 1. The number of piperidine rings is 1. The van der Waals surface area contributed by atoms with Gasteiger partial charge in [0.15, 0.2) is 0 Å². The van der Waals surface area contributed by atoms with Crippen LogP contribution in [0.2, 0.25) is 0 Å². The molecule has 3 fully saturated rings. The van der Waals surface area contributed by atoms with Gasteiger partial charge in [-0.1, -0.05) is 48.5 Å². The number of nitrogens with zero attached hydrogens (tertiary/aromatic N) is 2. The van der Waals surface area contributed by atoms with Gasteiger partial charge in [-0.15, -0.1) is 0 Å². The van der Waals surface area contributed by atoms with Crippen molar-refractivity contribution in [2.24, 2.45) is 0 Å². The monoisotopic (exact) mass is 446 g/mol. The molecule has 2 atom stereocenters. The number of fused-ring (bicyclic) bond motifs is 4.